The van der Waals surface area contributed by atoms with Crippen LogP contribution < -0.4 is 0 Å². The highest BCUT2D eigenvalue weighted by molar-refractivity contribution is 5.27. The van der Waals surface area contributed by atoms with Gasteiger partial charge in [-0.1, -0.05) is 88.1 Å². The first-order chi connectivity index (χ1) is 15.8. The van der Waals surface area contributed by atoms with Crippen molar-refractivity contribution in [2.45, 2.75) is 120 Å². The van der Waals surface area contributed by atoms with Crippen LogP contribution in [0.1, 0.15) is 108 Å². The lowest BCUT2D eigenvalue weighted by atomic mass is 9.65. The highest BCUT2D eigenvalue weighted by Crippen LogP contribution is 2.46. The van der Waals surface area contributed by atoms with Crippen LogP contribution in [0.25, 0.3) is 0 Å². The molecule has 2 N–H and O–H groups in total. The summed E-state index contributed by atoms with van der Waals surface area (Å²) in [6.07, 6.45) is 17.0. The minimum Gasteiger partial charge on any atom is -0.412 e. The maximum Gasteiger partial charge on any atom is 0.0724 e. The smallest absolute Gasteiger partial charge is 0.0724 e. The van der Waals surface area contributed by atoms with Crippen LogP contribution in [0, 0.1) is 22.7 Å². The molecule has 0 saturated heterocycles. The van der Waals surface area contributed by atoms with Crippen LogP contribution in [-0.2, 0) is 9.47 Å². The Labute approximate surface area is 218 Å². The molecule has 0 bridgehead atoms. The highest BCUT2D eigenvalue weighted by atomic mass is 16.5. The van der Waals surface area contributed by atoms with E-state index in [1.165, 1.54) is 38.5 Å². The summed E-state index contributed by atoms with van der Waals surface area (Å²) in [5.41, 5.74) is 7.25. The lowest BCUT2D eigenvalue weighted by Gasteiger charge is -2.40. The van der Waals surface area contributed by atoms with E-state index in [0.717, 1.165) is 0 Å². The molecule has 0 amide bonds. The van der Waals surface area contributed by atoms with Crippen LogP contribution in [0.2, 0.25) is 0 Å². The Morgan fingerprint density at radius 2 is 1.06 bits per heavy atom. The van der Waals surface area contributed by atoms with Crippen molar-refractivity contribution in [1.29, 1.82) is 0 Å². The average Bonchev–Trinajstić information content (AvgIpc) is 2.79. The molecule has 0 saturated carbocycles. The van der Waals surface area contributed by atoms with Crippen molar-refractivity contribution < 1.29 is 14.9 Å². The standard InChI is InChI=1S/2C16H28O.H2O/c2*1-7-14-12(2)10-11-16(4,5)15(14)9-8-13(3)17-6;/h2*8-9,13,15H,7,10-11H2,1-6H3;1H2. The SMILES string of the molecule is CCC1=C(C)CCC(C)(C)C1C=CC(C)OC.CCC1=C(C)CCC(C)(C)C1C=CC(C)OC.O. The van der Waals surface area contributed by atoms with Crippen molar-refractivity contribution in [2.24, 2.45) is 22.7 Å². The van der Waals surface area contributed by atoms with Crippen LogP contribution >= 0.6 is 0 Å². The number of methoxy groups -OCH3 is 2. The molecule has 2 aliphatic rings. The summed E-state index contributed by atoms with van der Waals surface area (Å²) in [6, 6.07) is 0. The normalized spacial score (nSPS) is 25.8. The van der Waals surface area contributed by atoms with Gasteiger partial charge in [0.15, 0.2) is 0 Å². The predicted molar refractivity (Wildman–Crippen MR) is 154 cm³/mol. The summed E-state index contributed by atoms with van der Waals surface area (Å²) >= 11 is 0. The molecule has 4 atom stereocenters. The maximum atomic E-state index is 5.30. The topological polar surface area (TPSA) is 50.0 Å². The second-order valence-electron chi connectivity index (χ2n) is 11.9. The second kappa shape index (κ2) is 15.2. The first-order valence-corrected chi connectivity index (χ1v) is 13.6. The summed E-state index contributed by atoms with van der Waals surface area (Å²) in [5.74, 6) is 1.16. The van der Waals surface area contributed by atoms with Gasteiger partial charge < -0.3 is 14.9 Å². The zero-order chi connectivity index (χ0) is 26.1. The number of hydrogen-bond acceptors (Lipinski definition) is 2. The van der Waals surface area contributed by atoms with Gasteiger partial charge in [-0.2, -0.15) is 0 Å². The average molecular weight is 491 g/mol. The Morgan fingerprint density at radius 1 is 0.743 bits per heavy atom. The third-order valence-corrected chi connectivity index (χ3v) is 8.47. The molecule has 3 nitrogen and oxygen atoms in total. The Bertz CT molecular complexity index is 687. The molecule has 35 heavy (non-hydrogen) atoms. The summed E-state index contributed by atoms with van der Waals surface area (Å²) < 4.78 is 10.6. The summed E-state index contributed by atoms with van der Waals surface area (Å²) in [5, 5.41) is 0. The van der Waals surface area contributed by atoms with E-state index in [2.05, 4.69) is 93.5 Å². The van der Waals surface area contributed by atoms with E-state index >= 15 is 0 Å². The lowest BCUT2D eigenvalue weighted by molar-refractivity contribution is 0.154. The number of hydrogen-bond donors (Lipinski definition) is 0. The van der Waals surface area contributed by atoms with Crippen LogP contribution in [0.5, 0.6) is 0 Å². The van der Waals surface area contributed by atoms with Gasteiger partial charge in [0, 0.05) is 26.1 Å². The van der Waals surface area contributed by atoms with Gasteiger partial charge in [-0.3, -0.25) is 0 Å². The van der Waals surface area contributed by atoms with Gasteiger partial charge in [0.2, 0.25) is 0 Å². The van der Waals surface area contributed by atoms with Gasteiger partial charge in [-0.25, -0.2) is 0 Å². The molecule has 2 rings (SSSR count). The molecule has 0 spiro atoms. The fourth-order valence-corrected chi connectivity index (χ4v) is 5.61. The molecular formula is C32H58O3. The molecule has 3 heteroatoms. The lowest BCUT2D eigenvalue weighted by Crippen LogP contribution is -2.28. The molecule has 0 fully saturated rings. The first-order valence-electron chi connectivity index (χ1n) is 13.6. The Balaban J connectivity index is 0.000000642. The second-order valence-corrected chi connectivity index (χ2v) is 11.9. The van der Waals surface area contributed by atoms with E-state index in [0.29, 0.717) is 22.7 Å². The molecule has 0 aromatic rings. The van der Waals surface area contributed by atoms with Gasteiger partial charge in [-0.15, -0.1) is 0 Å². The van der Waals surface area contributed by atoms with Crippen LogP contribution in [0.4, 0.5) is 0 Å². The third kappa shape index (κ3) is 9.67. The van der Waals surface area contributed by atoms with Crippen LogP contribution in [-0.4, -0.2) is 31.9 Å². The zero-order valence-electron chi connectivity index (χ0n) is 25.2. The van der Waals surface area contributed by atoms with Gasteiger partial charge >= 0.3 is 0 Å². The molecule has 0 heterocycles. The van der Waals surface area contributed by atoms with E-state index < -0.39 is 0 Å². The van der Waals surface area contributed by atoms with Gasteiger partial charge in [-0.05, 0) is 77.0 Å². The predicted octanol–water partition coefficient (Wildman–Crippen LogP) is 8.66. The molecule has 0 aromatic heterocycles. The number of ether oxygens (including phenoxy) is 2. The van der Waals surface area contributed by atoms with Gasteiger partial charge in [0.1, 0.15) is 0 Å². The Hall–Kier alpha value is -1.16. The minimum absolute atomic E-state index is 0. The quantitative estimate of drug-likeness (QED) is 0.320. The van der Waals surface area contributed by atoms with Crippen molar-refractivity contribution in [3.8, 4) is 0 Å². The van der Waals surface area contributed by atoms with E-state index in [1.807, 2.05) is 0 Å². The molecular weight excluding hydrogens is 432 g/mol. The third-order valence-electron chi connectivity index (χ3n) is 8.47. The van der Waals surface area contributed by atoms with E-state index in [-0.39, 0.29) is 17.7 Å². The monoisotopic (exact) mass is 490 g/mol. The molecule has 2 aliphatic carbocycles. The highest BCUT2D eigenvalue weighted by Gasteiger charge is 2.34. The first kappa shape index (κ1) is 33.8. The molecule has 0 aromatic carbocycles. The fourth-order valence-electron chi connectivity index (χ4n) is 5.61. The van der Waals surface area contributed by atoms with Crippen molar-refractivity contribution in [3.05, 3.63) is 46.6 Å². The van der Waals surface area contributed by atoms with Crippen molar-refractivity contribution in [3.63, 3.8) is 0 Å². The van der Waals surface area contributed by atoms with Crippen molar-refractivity contribution in [2.75, 3.05) is 14.2 Å². The van der Waals surface area contributed by atoms with Crippen LogP contribution in [0.15, 0.2) is 46.6 Å². The zero-order valence-corrected chi connectivity index (χ0v) is 25.2. The van der Waals surface area contributed by atoms with Crippen molar-refractivity contribution in [1.82, 2.24) is 0 Å². The van der Waals surface area contributed by atoms with E-state index in [1.54, 1.807) is 36.5 Å². The molecule has 0 aliphatic heterocycles. The summed E-state index contributed by atoms with van der Waals surface area (Å²) in [6.45, 7) is 22.9. The Kier molecular flexibility index (Phi) is 14.7. The summed E-state index contributed by atoms with van der Waals surface area (Å²) in [7, 11) is 3.53. The van der Waals surface area contributed by atoms with Crippen molar-refractivity contribution >= 4 is 0 Å². The van der Waals surface area contributed by atoms with E-state index in [4.69, 9.17) is 9.47 Å². The van der Waals surface area contributed by atoms with Gasteiger partial charge in [0.25, 0.3) is 0 Å². The molecule has 4 unspecified atom stereocenters. The summed E-state index contributed by atoms with van der Waals surface area (Å²) in [4.78, 5) is 0. The number of allylic oxidation sites excluding steroid dienone is 6. The Morgan fingerprint density at radius 3 is 1.31 bits per heavy atom. The van der Waals surface area contributed by atoms with E-state index in [9.17, 15) is 0 Å². The maximum absolute atomic E-state index is 5.30. The van der Waals surface area contributed by atoms with Gasteiger partial charge in [0.05, 0.1) is 12.2 Å². The largest absolute Gasteiger partial charge is 0.412 e. The fraction of sp³-hybridized carbons (Fsp3) is 0.750. The molecule has 204 valence electrons. The number of rotatable bonds is 8. The minimum atomic E-state index is 0. The molecule has 0 radical (unpaired) electrons. The van der Waals surface area contributed by atoms with Crippen LogP contribution in [0.3, 0.4) is 0 Å².